The third-order valence-electron chi connectivity index (χ3n) is 1.94. The first-order chi connectivity index (χ1) is 7.24. The van der Waals surface area contributed by atoms with Crippen LogP contribution in [0.3, 0.4) is 0 Å². The largest absolute Gasteiger partial charge is 0.338 e. The van der Waals surface area contributed by atoms with Crippen molar-refractivity contribution in [1.82, 2.24) is 5.32 Å². The van der Waals surface area contributed by atoms with Crippen LogP contribution in [0, 0.1) is 0 Å². The third-order valence-corrected chi connectivity index (χ3v) is 2.27. The maximum atomic E-state index is 11.4. The first-order valence-electron chi connectivity index (χ1n) is 5.03. The Labute approximate surface area is 94.8 Å². The molecular formula is C11H15ClN2O. The number of benzene rings is 1. The smallest absolute Gasteiger partial charge is 0.319 e. The van der Waals surface area contributed by atoms with Crippen molar-refractivity contribution in [3.63, 3.8) is 0 Å². The second kappa shape index (κ2) is 6.30. The molecule has 3 nitrogen and oxygen atoms in total. The van der Waals surface area contributed by atoms with Crippen LogP contribution in [0.15, 0.2) is 24.3 Å². The van der Waals surface area contributed by atoms with Gasteiger partial charge in [-0.1, -0.05) is 37.1 Å². The van der Waals surface area contributed by atoms with Crippen LogP contribution in [0.1, 0.15) is 19.8 Å². The zero-order valence-electron chi connectivity index (χ0n) is 8.72. The van der Waals surface area contributed by atoms with Gasteiger partial charge in [0, 0.05) is 6.54 Å². The fraction of sp³-hybridized carbons (Fsp3) is 0.364. The van der Waals surface area contributed by atoms with E-state index in [4.69, 9.17) is 11.6 Å². The highest BCUT2D eigenvalue weighted by atomic mass is 35.5. The second-order valence-corrected chi connectivity index (χ2v) is 3.62. The van der Waals surface area contributed by atoms with Crippen molar-refractivity contribution in [1.29, 1.82) is 0 Å². The summed E-state index contributed by atoms with van der Waals surface area (Å²) in [5.74, 6) is 0. The Bertz CT molecular complexity index is 328. The molecular weight excluding hydrogens is 212 g/mol. The van der Waals surface area contributed by atoms with Gasteiger partial charge in [0.2, 0.25) is 0 Å². The number of amides is 2. The van der Waals surface area contributed by atoms with E-state index in [0.29, 0.717) is 17.3 Å². The topological polar surface area (TPSA) is 41.1 Å². The van der Waals surface area contributed by atoms with Crippen molar-refractivity contribution < 1.29 is 4.79 Å². The van der Waals surface area contributed by atoms with Crippen LogP contribution in [-0.2, 0) is 0 Å². The van der Waals surface area contributed by atoms with Gasteiger partial charge in [-0.25, -0.2) is 4.79 Å². The molecule has 0 radical (unpaired) electrons. The molecule has 2 N–H and O–H groups in total. The monoisotopic (exact) mass is 226 g/mol. The van der Waals surface area contributed by atoms with E-state index in [2.05, 4.69) is 17.6 Å². The molecule has 0 saturated carbocycles. The molecule has 0 aliphatic carbocycles. The summed E-state index contributed by atoms with van der Waals surface area (Å²) >= 11 is 5.89. The van der Waals surface area contributed by atoms with E-state index in [1.54, 1.807) is 12.1 Å². The summed E-state index contributed by atoms with van der Waals surface area (Å²) in [6.45, 7) is 2.76. The van der Waals surface area contributed by atoms with Gasteiger partial charge in [-0.05, 0) is 18.6 Å². The molecule has 82 valence electrons. The standard InChI is InChI=1S/C11H15ClN2O/c1-2-3-8-13-11(15)14-10-7-5-4-6-9(10)12/h4-7H,2-3,8H2,1H3,(H2,13,14,15). The minimum atomic E-state index is -0.212. The first-order valence-corrected chi connectivity index (χ1v) is 5.41. The van der Waals surface area contributed by atoms with Crippen molar-refractivity contribution in [3.05, 3.63) is 29.3 Å². The van der Waals surface area contributed by atoms with Gasteiger partial charge in [-0.15, -0.1) is 0 Å². The van der Waals surface area contributed by atoms with Crippen molar-refractivity contribution in [2.75, 3.05) is 11.9 Å². The first kappa shape index (κ1) is 11.9. The quantitative estimate of drug-likeness (QED) is 0.761. The van der Waals surface area contributed by atoms with Gasteiger partial charge in [-0.3, -0.25) is 0 Å². The summed E-state index contributed by atoms with van der Waals surface area (Å²) in [5, 5.41) is 5.98. The fourth-order valence-electron chi connectivity index (χ4n) is 1.11. The lowest BCUT2D eigenvalue weighted by Crippen LogP contribution is -2.29. The van der Waals surface area contributed by atoms with Crippen LogP contribution in [0.5, 0.6) is 0 Å². The summed E-state index contributed by atoms with van der Waals surface area (Å²) < 4.78 is 0. The SMILES string of the molecule is CCCCNC(=O)Nc1ccccc1Cl. The molecule has 1 aromatic rings. The van der Waals surface area contributed by atoms with Crippen LogP contribution in [0.4, 0.5) is 10.5 Å². The van der Waals surface area contributed by atoms with E-state index < -0.39 is 0 Å². The lowest BCUT2D eigenvalue weighted by atomic mass is 10.3. The predicted molar refractivity (Wildman–Crippen MR) is 63.4 cm³/mol. The highest BCUT2D eigenvalue weighted by Gasteiger charge is 2.02. The Morgan fingerprint density at radius 3 is 2.80 bits per heavy atom. The Morgan fingerprint density at radius 1 is 1.40 bits per heavy atom. The van der Waals surface area contributed by atoms with Crippen LogP contribution in [-0.4, -0.2) is 12.6 Å². The van der Waals surface area contributed by atoms with E-state index in [1.165, 1.54) is 0 Å². The maximum Gasteiger partial charge on any atom is 0.319 e. The molecule has 4 heteroatoms. The zero-order chi connectivity index (χ0) is 11.1. The molecule has 0 saturated heterocycles. The minimum Gasteiger partial charge on any atom is -0.338 e. The highest BCUT2D eigenvalue weighted by molar-refractivity contribution is 6.33. The number of rotatable bonds is 4. The van der Waals surface area contributed by atoms with Gasteiger partial charge in [0.1, 0.15) is 0 Å². The molecule has 0 spiro atoms. The lowest BCUT2D eigenvalue weighted by Gasteiger charge is -2.07. The number of carbonyl (C=O) groups is 1. The molecule has 2 amide bonds. The van der Waals surface area contributed by atoms with Gasteiger partial charge in [0.15, 0.2) is 0 Å². The number of hydrogen-bond donors (Lipinski definition) is 2. The van der Waals surface area contributed by atoms with Gasteiger partial charge in [0.05, 0.1) is 10.7 Å². The van der Waals surface area contributed by atoms with E-state index in [0.717, 1.165) is 12.8 Å². The fourth-order valence-corrected chi connectivity index (χ4v) is 1.29. The van der Waals surface area contributed by atoms with Gasteiger partial charge >= 0.3 is 6.03 Å². The molecule has 0 bridgehead atoms. The molecule has 0 heterocycles. The average molecular weight is 227 g/mol. The maximum absolute atomic E-state index is 11.4. The van der Waals surface area contributed by atoms with Crippen molar-refractivity contribution in [3.8, 4) is 0 Å². The number of hydrogen-bond acceptors (Lipinski definition) is 1. The molecule has 0 unspecified atom stereocenters. The Balaban J connectivity index is 2.41. The lowest BCUT2D eigenvalue weighted by molar-refractivity contribution is 0.252. The van der Waals surface area contributed by atoms with Crippen LogP contribution in [0.25, 0.3) is 0 Å². The van der Waals surface area contributed by atoms with Crippen molar-refractivity contribution in [2.24, 2.45) is 0 Å². The van der Waals surface area contributed by atoms with Gasteiger partial charge < -0.3 is 10.6 Å². The summed E-state index contributed by atoms with van der Waals surface area (Å²) in [4.78, 5) is 11.4. The molecule has 0 atom stereocenters. The highest BCUT2D eigenvalue weighted by Crippen LogP contribution is 2.19. The average Bonchev–Trinajstić information content (AvgIpc) is 2.22. The molecule has 0 aliphatic heterocycles. The number of para-hydroxylation sites is 1. The van der Waals surface area contributed by atoms with Crippen LogP contribution >= 0.6 is 11.6 Å². The van der Waals surface area contributed by atoms with Gasteiger partial charge in [0.25, 0.3) is 0 Å². The normalized spacial score (nSPS) is 9.73. The molecule has 0 aromatic heterocycles. The van der Waals surface area contributed by atoms with Crippen LogP contribution < -0.4 is 10.6 Å². The van der Waals surface area contributed by atoms with E-state index in [1.807, 2.05) is 12.1 Å². The molecule has 15 heavy (non-hydrogen) atoms. The van der Waals surface area contributed by atoms with Gasteiger partial charge in [-0.2, -0.15) is 0 Å². The second-order valence-electron chi connectivity index (χ2n) is 3.21. The summed E-state index contributed by atoms with van der Waals surface area (Å²) in [6.07, 6.45) is 2.04. The van der Waals surface area contributed by atoms with E-state index in [9.17, 15) is 4.79 Å². The van der Waals surface area contributed by atoms with E-state index >= 15 is 0 Å². The number of carbonyl (C=O) groups excluding carboxylic acids is 1. The third kappa shape index (κ3) is 4.21. The molecule has 1 rings (SSSR count). The zero-order valence-corrected chi connectivity index (χ0v) is 9.47. The number of nitrogens with one attached hydrogen (secondary N) is 2. The number of urea groups is 1. The molecule has 1 aromatic carbocycles. The molecule has 0 fully saturated rings. The Morgan fingerprint density at radius 2 is 2.13 bits per heavy atom. The molecule has 0 aliphatic rings. The number of halogens is 1. The predicted octanol–water partition coefficient (Wildman–Crippen LogP) is 3.26. The van der Waals surface area contributed by atoms with E-state index in [-0.39, 0.29) is 6.03 Å². The van der Waals surface area contributed by atoms with Crippen molar-refractivity contribution in [2.45, 2.75) is 19.8 Å². The summed E-state index contributed by atoms with van der Waals surface area (Å²) in [5.41, 5.74) is 0.633. The number of unbranched alkanes of at least 4 members (excludes halogenated alkanes) is 1. The summed E-state index contributed by atoms with van der Waals surface area (Å²) in [7, 11) is 0. The Kier molecular flexibility index (Phi) is 4.98. The van der Waals surface area contributed by atoms with Crippen LogP contribution in [0.2, 0.25) is 5.02 Å². The summed E-state index contributed by atoms with van der Waals surface area (Å²) in [6, 6.07) is 6.94. The Hall–Kier alpha value is -1.22. The number of anilines is 1. The van der Waals surface area contributed by atoms with Crippen molar-refractivity contribution >= 4 is 23.3 Å². The minimum absolute atomic E-state index is 0.212.